The number of rotatable bonds is 7. The van der Waals surface area contributed by atoms with Crippen LogP contribution in [0.2, 0.25) is 5.02 Å². The lowest BCUT2D eigenvalue weighted by Crippen LogP contribution is -2.37. The quantitative estimate of drug-likeness (QED) is 0.361. The van der Waals surface area contributed by atoms with Gasteiger partial charge >= 0.3 is 0 Å². The van der Waals surface area contributed by atoms with Gasteiger partial charge in [0.05, 0.1) is 35.4 Å². The number of likely N-dealkylation sites (tertiary alicyclic amines) is 1. The molecule has 1 saturated heterocycles. The normalized spacial score (nSPS) is 16.9. The number of ether oxygens (including phenoxy) is 1. The van der Waals surface area contributed by atoms with E-state index in [1.165, 1.54) is 6.08 Å². The van der Waals surface area contributed by atoms with Crippen molar-refractivity contribution in [1.29, 1.82) is 0 Å². The number of anilines is 1. The molecule has 0 aliphatic carbocycles. The van der Waals surface area contributed by atoms with Gasteiger partial charge in [-0.1, -0.05) is 31.0 Å². The number of hydrogen-bond donors (Lipinski definition) is 2. The molecule has 1 aliphatic rings. The topological polar surface area (TPSA) is 128 Å². The SMILES string of the molecule is C=CC(=O)N1C[C@@H](n2nc(C#Cc3cc4nncc(CC)c4cc3Cl)c(C(N)=O)c2NC)C[C@@H]1COC. The van der Waals surface area contributed by atoms with E-state index in [0.717, 1.165) is 17.4 Å². The third-order valence-corrected chi connectivity index (χ3v) is 6.77. The fourth-order valence-corrected chi connectivity index (χ4v) is 4.91. The molecule has 2 aromatic heterocycles. The Labute approximate surface area is 219 Å². The highest BCUT2D eigenvalue weighted by atomic mass is 35.5. The van der Waals surface area contributed by atoms with Crippen molar-refractivity contribution in [3.63, 3.8) is 0 Å². The second kappa shape index (κ2) is 11.0. The first kappa shape index (κ1) is 26.1. The van der Waals surface area contributed by atoms with Gasteiger partial charge in [0, 0.05) is 31.7 Å². The average Bonchev–Trinajstić information content (AvgIpc) is 3.48. The first-order valence-electron chi connectivity index (χ1n) is 11.8. The van der Waals surface area contributed by atoms with E-state index in [4.69, 9.17) is 22.1 Å². The van der Waals surface area contributed by atoms with Gasteiger partial charge in [-0.3, -0.25) is 9.59 Å². The van der Waals surface area contributed by atoms with Crippen LogP contribution in [-0.2, 0) is 16.0 Å². The van der Waals surface area contributed by atoms with Gasteiger partial charge in [0.15, 0.2) is 5.69 Å². The van der Waals surface area contributed by atoms with E-state index in [1.54, 1.807) is 36.0 Å². The lowest BCUT2D eigenvalue weighted by atomic mass is 10.1. The zero-order chi connectivity index (χ0) is 26.7. The molecule has 10 nitrogen and oxygen atoms in total. The standard InChI is InChI=1S/C26H28ClN7O3/c1-5-15-12-30-31-22-9-16(20(27)11-19(15)22)7-8-21-24(25(28)36)26(29-3)34(32-21)17-10-18(14-37-4)33(13-17)23(35)6-2/h6,9,11-12,17-18,29H,2,5,10,13-14H2,1,3-4H3,(H2,28,36)/t17-,18+/m0/s1. The Hall–Kier alpha value is -3.94. The lowest BCUT2D eigenvalue weighted by Gasteiger charge is -2.22. The Morgan fingerprint density at radius 3 is 2.81 bits per heavy atom. The van der Waals surface area contributed by atoms with Crippen molar-refractivity contribution < 1.29 is 14.3 Å². The summed E-state index contributed by atoms with van der Waals surface area (Å²) < 4.78 is 6.98. The van der Waals surface area contributed by atoms with Gasteiger partial charge < -0.3 is 20.7 Å². The summed E-state index contributed by atoms with van der Waals surface area (Å²) in [5, 5.41) is 17.3. The molecule has 3 N–H and O–H groups in total. The predicted octanol–water partition coefficient (Wildman–Crippen LogP) is 2.56. The molecule has 0 saturated carbocycles. The van der Waals surface area contributed by atoms with Crippen molar-refractivity contribution in [3.8, 4) is 11.8 Å². The third kappa shape index (κ3) is 5.01. The zero-order valence-electron chi connectivity index (χ0n) is 20.9. The molecule has 0 unspecified atom stereocenters. The Balaban J connectivity index is 1.76. The summed E-state index contributed by atoms with van der Waals surface area (Å²) in [5.41, 5.74) is 8.34. The van der Waals surface area contributed by atoms with Gasteiger partial charge in [-0.2, -0.15) is 15.3 Å². The van der Waals surface area contributed by atoms with Crippen LogP contribution in [0.25, 0.3) is 10.9 Å². The molecular weight excluding hydrogens is 494 g/mol. The molecule has 0 radical (unpaired) electrons. The van der Waals surface area contributed by atoms with Gasteiger partial charge in [0.2, 0.25) is 5.91 Å². The number of methoxy groups -OCH3 is 1. The number of fused-ring (bicyclic) bond motifs is 1. The van der Waals surface area contributed by atoms with E-state index in [9.17, 15) is 9.59 Å². The summed E-state index contributed by atoms with van der Waals surface area (Å²) in [4.78, 5) is 26.6. The fraction of sp³-hybridized carbons (Fsp3) is 0.346. The summed E-state index contributed by atoms with van der Waals surface area (Å²) in [6.45, 7) is 6.37. The van der Waals surface area contributed by atoms with Gasteiger partial charge in [0.25, 0.3) is 5.91 Å². The van der Waals surface area contributed by atoms with Gasteiger partial charge in [-0.25, -0.2) is 4.68 Å². The molecule has 37 heavy (non-hydrogen) atoms. The molecule has 1 aromatic carbocycles. The summed E-state index contributed by atoms with van der Waals surface area (Å²) in [7, 11) is 3.26. The summed E-state index contributed by atoms with van der Waals surface area (Å²) >= 11 is 6.54. The second-order valence-electron chi connectivity index (χ2n) is 8.65. The maximum Gasteiger partial charge on any atom is 0.255 e. The van der Waals surface area contributed by atoms with Crippen LogP contribution in [0.3, 0.4) is 0 Å². The van der Waals surface area contributed by atoms with E-state index < -0.39 is 5.91 Å². The van der Waals surface area contributed by atoms with Crippen LogP contribution in [0.4, 0.5) is 5.82 Å². The number of carbonyl (C=O) groups excluding carboxylic acids is 2. The molecule has 1 aliphatic heterocycles. The van der Waals surface area contributed by atoms with Crippen LogP contribution < -0.4 is 11.1 Å². The summed E-state index contributed by atoms with van der Waals surface area (Å²) in [5.74, 6) is 5.54. The van der Waals surface area contributed by atoms with Crippen LogP contribution in [0.15, 0.2) is 31.0 Å². The van der Waals surface area contributed by atoms with Crippen LogP contribution >= 0.6 is 11.6 Å². The highest BCUT2D eigenvalue weighted by Crippen LogP contribution is 2.32. The zero-order valence-corrected chi connectivity index (χ0v) is 21.7. The first-order chi connectivity index (χ1) is 17.8. The van der Waals surface area contributed by atoms with E-state index in [1.807, 2.05) is 13.0 Å². The molecule has 2 atom stereocenters. The fourth-order valence-electron chi connectivity index (χ4n) is 4.70. The maximum absolute atomic E-state index is 12.5. The largest absolute Gasteiger partial charge is 0.383 e. The number of aromatic nitrogens is 4. The minimum absolute atomic E-state index is 0.161. The minimum Gasteiger partial charge on any atom is -0.383 e. The van der Waals surface area contributed by atoms with E-state index >= 15 is 0 Å². The monoisotopic (exact) mass is 521 g/mol. The minimum atomic E-state index is -0.673. The van der Waals surface area contributed by atoms with Crippen LogP contribution in [0, 0.1) is 11.8 Å². The average molecular weight is 522 g/mol. The Kier molecular flexibility index (Phi) is 7.76. The predicted molar refractivity (Wildman–Crippen MR) is 141 cm³/mol. The number of nitrogens with zero attached hydrogens (tertiary/aromatic N) is 5. The van der Waals surface area contributed by atoms with E-state index in [-0.39, 0.29) is 29.2 Å². The van der Waals surface area contributed by atoms with E-state index in [0.29, 0.717) is 41.5 Å². The Morgan fingerprint density at radius 2 is 2.16 bits per heavy atom. The number of benzene rings is 1. The molecule has 0 spiro atoms. The van der Waals surface area contributed by atoms with Crippen molar-refractivity contribution in [2.45, 2.75) is 31.8 Å². The Morgan fingerprint density at radius 1 is 1.38 bits per heavy atom. The third-order valence-electron chi connectivity index (χ3n) is 6.46. The van der Waals surface area contributed by atoms with Crippen molar-refractivity contribution in [1.82, 2.24) is 24.9 Å². The number of aryl methyl sites for hydroxylation is 1. The maximum atomic E-state index is 12.5. The van der Waals surface area contributed by atoms with Crippen LogP contribution in [0.5, 0.6) is 0 Å². The van der Waals surface area contributed by atoms with Gasteiger partial charge in [-0.05, 0) is 42.5 Å². The Bertz CT molecular complexity index is 1440. The lowest BCUT2D eigenvalue weighted by molar-refractivity contribution is -0.127. The molecule has 3 aromatic rings. The highest BCUT2D eigenvalue weighted by Gasteiger charge is 2.37. The van der Waals surface area contributed by atoms with Crippen LogP contribution in [0.1, 0.15) is 46.6 Å². The molecule has 11 heteroatoms. The number of nitrogens with one attached hydrogen (secondary N) is 1. The summed E-state index contributed by atoms with van der Waals surface area (Å²) in [6.07, 6.45) is 4.37. The molecule has 2 amide bonds. The number of carbonyl (C=O) groups is 2. The number of amides is 2. The molecule has 4 rings (SSSR count). The highest BCUT2D eigenvalue weighted by molar-refractivity contribution is 6.32. The molecule has 0 bridgehead atoms. The molecule has 192 valence electrons. The number of halogens is 1. The molecular formula is C26H28ClN7O3. The van der Waals surface area contributed by atoms with Crippen molar-refractivity contribution >= 4 is 40.1 Å². The van der Waals surface area contributed by atoms with Crippen molar-refractivity contribution in [2.24, 2.45) is 5.73 Å². The molecule has 3 heterocycles. The van der Waals surface area contributed by atoms with Crippen molar-refractivity contribution in [2.75, 3.05) is 32.6 Å². The van der Waals surface area contributed by atoms with E-state index in [2.05, 4.69) is 39.0 Å². The second-order valence-corrected chi connectivity index (χ2v) is 9.05. The number of primary amides is 1. The van der Waals surface area contributed by atoms with Crippen molar-refractivity contribution in [3.05, 3.63) is 58.4 Å². The van der Waals surface area contributed by atoms with Crippen LogP contribution in [-0.4, -0.2) is 70.0 Å². The number of nitrogens with two attached hydrogens (primary N) is 1. The smallest absolute Gasteiger partial charge is 0.255 e. The molecule has 1 fully saturated rings. The van der Waals surface area contributed by atoms with Gasteiger partial charge in [-0.15, -0.1) is 0 Å². The van der Waals surface area contributed by atoms with Gasteiger partial charge in [0.1, 0.15) is 11.4 Å². The first-order valence-corrected chi connectivity index (χ1v) is 12.2. The number of hydrogen-bond acceptors (Lipinski definition) is 7. The summed E-state index contributed by atoms with van der Waals surface area (Å²) in [6, 6.07) is 3.20.